The molecule has 0 atom stereocenters. The van der Waals surface area contributed by atoms with Gasteiger partial charge in [-0.05, 0) is 142 Å². The van der Waals surface area contributed by atoms with Crippen LogP contribution in [0.25, 0.3) is 0 Å². The fourth-order valence-corrected chi connectivity index (χ4v) is 7.41. The molecule has 2 aliphatic heterocycles. The third-order valence-electron chi connectivity index (χ3n) is 10.7. The lowest BCUT2D eigenvalue weighted by molar-refractivity contribution is -0.156. The Morgan fingerprint density at radius 2 is 0.948 bits per heavy atom. The topological polar surface area (TPSA) is 285 Å². The summed E-state index contributed by atoms with van der Waals surface area (Å²) in [4.78, 5) is 98.2. The number of esters is 2. The van der Waals surface area contributed by atoms with Crippen LogP contribution >= 0.6 is 15.9 Å². The van der Waals surface area contributed by atoms with Crippen molar-refractivity contribution < 1.29 is 66.8 Å². The summed E-state index contributed by atoms with van der Waals surface area (Å²) in [5, 5.41) is 24.2. The van der Waals surface area contributed by atoms with Crippen LogP contribution in [-0.4, -0.2) is 163 Å². The lowest BCUT2D eigenvalue weighted by Crippen LogP contribution is -2.54. The van der Waals surface area contributed by atoms with E-state index in [1.165, 1.54) is 4.90 Å². The van der Waals surface area contributed by atoms with Crippen molar-refractivity contribution in [2.75, 3.05) is 77.6 Å². The van der Waals surface area contributed by atoms with Gasteiger partial charge in [-0.1, -0.05) is 28.8 Å². The number of alkyl halides is 1. The van der Waals surface area contributed by atoms with Crippen LogP contribution in [0, 0.1) is 10.8 Å². The van der Waals surface area contributed by atoms with Gasteiger partial charge in [0.25, 0.3) is 0 Å². The van der Waals surface area contributed by atoms with E-state index in [9.17, 15) is 38.4 Å². The molecule has 5 N–H and O–H groups in total. The summed E-state index contributed by atoms with van der Waals surface area (Å²) in [6, 6.07) is 13.4. The summed E-state index contributed by atoms with van der Waals surface area (Å²) in [5.41, 5.74) is -0.265. The highest BCUT2D eigenvalue weighted by Crippen LogP contribution is 2.16. The number of hydrogen-bond acceptors (Lipinski definition) is 16. The number of ether oxygens (including phenoxy) is 6. The normalized spacial score (nSPS) is 13.4. The number of nitrogens with zero attached hydrogens (tertiary/aromatic N) is 3. The van der Waals surface area contributed by atoms with Gasteiger partial charge in [-0.2, -0.15) is 0 Å². The first kappa shape index (κ1) is 66.3. The molecule has 0 bridgehead atoms. The maximum atomic E-state index is 12.5. The average Bonchev–Trinajstić information content (AvgIpc) is 3.35. The van der Waals surface area contributed by atoms with Gasteiger partial charge in [-0.25, -0.2) is 9.59 Å². The number of hydrogen-bond donors (Lipinski definition) is 5. The maximum Gasteiger partial charge on any atom is 0.413 e. The number of rotatable bonds is 25. The summed E-state index contributed by atoms with van der Waals surface area (Å²) in [6.45, 7) is 19.0. The molecule has 23 heteroatoms. The third-order valence-corrected chi connectivity index (χ3v) is 11.3. The molecule has 0 spiro atoms. The van der Waals surface area contributed by atoms with Gasteiger partial charge in [-0.15, -0.1) is 0 Å². The van der Waals surface area contributed by atoms with Crippen LogP contribution in [0.1, 0.15) is 131 Å². The Kier molecular flexibility index (Phi) is 30.6. The lowest BCUT2D eigenvalue weighted by Gasteiger charge is -2.33. The molecule has 77 heavy (non-hydrogen) atoms. The van der Waals surface area contributed by atoms with Crippen molar-refractivity contribution in [1.29, 1.82) is 10.8 Å². The maximum absolute atomic E-state index is 12.5. The number of halogens is 1. The van der Waals surface area contributed by atoms with E-state index >= 15 is 0 Å². The molecule has 2 heterocycles. The van der Waals surface area contributed by atoms with Crippen molar-refractivity contribution in [3.05, 3.63) is 59.7 Å². The van der Waals surface area contributed by atoms with Crippen LogP contribution in [0.15, 0.2) is 48.5 Å². The Bertz CT molecular complexity index is 2230. The number of amides is 6. The molecule has 2 aromatic carbocycles. The highest BCUT2D eigenvalue weighted by atomic mass is 79.9. The largest absolute Gasteiger partial charge is 0.494 e. The smallest absolute Gasteiger partial charge is 0.413 e. The van der Waals surface area contributed by atoms with Gasteiger partial charge < -0.3 is 48.4 Å². The van der Waals surface area contributed by atoms with Crippen LogP contribution in [0.2, 0.25) is 0 Å². The molecule has 0 unspecified atom stereocenters. The summed E-state index contributed by atoms with van der Waals surface area (Å²) in [7, 11) is 0. The molecule has 0 saturated carbocycles. The van der Waals surface area contributed by atoms with Crippen molar-refractivity contribution in [3.8, 4) is 11.5 Å². The van der Waals surface area contributed by atoms with E-state index < -0.39 is 47.0 Å². The minimum atomic E-state index is -0.692. The number of carbonyl (C=O) groups is 8. The molecule has 22 nitrogen and oxygen atoms in total. The van der Waals surface area contributed by atoms with E-state index in [1.807, 2.05) is 6.92 Å². The molecule has 0 aliphatic carbocycles. The van der Waals surface area contributed by atoms with Crippen molar-refractivity contribution in [3.63, 3.8) is 0 Å². The number of carbonyl (C=O) groups excluding carboxylic acids is 8. The fourth-order valence-electron chi connectivity index (χ4n) is 7.02. The van der Waals surface area contributed by atoms with Gasteiger partial charge in [0.2, 0.25) is 0 Å². The van der Waals surface area contributed by atoms with Crippen LogP contribution < -0.4 is 25.4 Å². The molecule has 0 aromatic heterocycles. The van der Waals surface area contributed by atoms with E-state index in [0.717, 1.165) is 37.4 Å². The molecule has 2 saturated heterocycles. The van der Waals surface area contributed by atoms with E-state index in [-0.39, 0.29) is 23.6 Å². The van der Waals surface area contributed by atoms with Gasteiger partial charge in [0.1, 0.15) is 34.4 Å². The zero-order valence-corrected chi connectivity index (χ0v) is 47.7. The molecule has 2 aliphatic rings. The van der Waals surface area contributed by atoms with Crippen molar-refractivity contribution in [1.82, 2.24) is 30.7 Å². The SMILES string of the molecule is CC(C)(C)OC(=O)NC(=N)c1ccc(OCCCN2CCNC(=O)C2=O)cc1.CCOC(=O)CCCCCBr.CCOC(=O)CCCCCN1CCN(CCCOc2ccc(C(=N)NC(=O)OC(C)(C)C)cc2)C(=O)C1=O. The van der Waals surface area contributed by atoms with Gasteiger partial charge >= 0.3 is 47.8 Å². The molecule has 4 rings (SSSR count). The predicted octanol–water partition coefficient (Wildman–Crippen LogP) is 6.87. The van der Waals surface area contributed by atoms with E-state index in [0.29, 0.717) is 127 Å². The minimum absolute atomic E-state index is 0.0670. The van der Waals surface area contributed by atoms with Crippen molar-refractivity contribution in [2.45, 2.75) is 131 Å². The lowest BCUT2D eigenvalue weighted by atomic mass is 10.1. The Balaban J connectivity index is 0.000000453. The van der Waals surface area contributed by atoms with Gasteiger partial charge in [0, 0.05) is 75.1 Å². The first-order chi connectivity index (χ1) is 36.5. The fraction of sp³-hybridized carbons (Fsp3) is 0.593. The Hall–Kier alpha value is -6.78. The van der Waals surface area contributed by atoms with Crippen LogP contribution in [0.5, 0.6) is 11.5 Å². The second kappa shape index (κ2) is 35.5. The number of piperazine rings is 2. The Labute approximate surface area is 461 Å². The number of unbranched alkanes of at least 4 members (excludes halogenated alkanes) is 4. The predicted molar refractivity (Wildman–Crippen MR) is 292 cm³/mol. The van der Waals surface area contributed by atoms with E-state index in [4.69, 9.17) is 39.2 Å². The second-order valence-electron chi connectivity index (χ2n) is 19.5. The summed E-state index contributed by atoms with van der Waals surface area (Å²) in [6.07, 6.45) is 6.14. The molecule has 6 amide bonds. The quantitative estimate of drug-likeness (QED) is 0.0129. The number of alkyl carbamates (subject to hydrolysis) is 2. The van der Waals surface area contributed by atoms with Gasteiger partial charge in [-0.3, -0.25) is 50.2 Å². The summed E-state index contributed by atoms with van der Waals surface area (Å²) in [5.74, 6) is -1.28. The monoisotopic (exact) mass is 1140 g/mol. The summed E-state index contributed by atoms with van der Waals surface area (Å²) < 4.78 is 31.3. The first-order valence-electron chi connectivity index (χ1n) is 26.1. The standard InChI is InChI=1S/C27H40N4O7.C19H26N4O5.C8H15BrO2/c1-5-36-22(32)10-7-6-8-15-30-17-18-31(25(34)24(30)33)16-9-19-37-21-13-11-20(12-14-21)23(28)29-26(35)38-27(2,3)4;1-19(2,3)28-18(26)22-15(20)13-5-7-14(8-6-13)27-12-4-10-23-11-9-21-16(24)17(23)25;1-2-11-8(10)6-4-3-5-7-9/h11-14H,5-10,15-19H2,1-4H3,(H2,28,29,35);5-8H,4,9-12H2,1-3H3,(H,21,24)(H2,20,22,26);2-7H2,1H3. The van der Waals surface area contributed by atoms with Crippen LogP contribution in [0.4, 0.5) is 9.59 Å². The average molecular weight is 1150 g/mol. The minimum Gasteiger partial charge on any atom is -0.494 e. The van der Waals surface area contributed by atoms with Gasteiger partial charge in [0.05, 0.1) is 26.4 Å². The molecule has 2 aromatic rings. The Morgan fingerprint density at radius 1 is 0.558 bits per heavy atom. The highest BCUT2D eigenvalue weighted by Gasteiger charge is 2.32. The van der Waals surface area contributed by atoms with E-state index in [1.54, 1.807) is 107 Å². The van der Waals surface area contributed by atoms with Crippen molar-refractivity contribution in [2.24, 2.45) is 0 Å². The molecular weight excluding hydrogens is 1060 g/mol. The third kappa shape index (κ3) is 28.8. The second-order valence-corrected chi connectivity index (χ2v) is 20.3. The molecule has 2 fully saturated rings. The first-order valence-corrected chi connectivity index (χ1v) is 27.2. The van der Waals surface area contributed by atoms with Crippen LogP contribution in [-0.2, 0) is 47.7 Å². The molecular formula is C54H81BrN8O14. The zero-order valence-electron chi connectivity index (χ0n) is 46.1. The number of nitrogens with one attached hydrogen (secondary N) is 5. The summed E-state index contributed by atoms with van der Waals surface area (Å²) >= 11 is 3.33. The van der Waals surface area contributed by atoms with Crippen molar-refractivity contribution >= 4 is 75.4 Å². The molecule has 0 radical (unpaired) electrons. The number of amidine groups is 2. The Morgan fingerprint density at radius 3 is 1.34 bits per heavy atom. The molecule has 428 valence electrons. The van der Waals surface area contributed by atoms with Gasteiger partial charge in [0.15, 0.2) is 0 Å². The number of benzene rings is 2. The zero-order chi connectivity index (χ0) is 57.4. The van der Waals surface area contributed by atoms with E-state index in [2.05, 4.69) is 31.9 Å². The highest BCUT2D eigenvalue weighted by molar-refractivity contribution is 9.09. The van der Waals surface area contributed by atoms with Crippen LogP contribution in [0.3, 0.4) is 0 Å².